The number of nitrogens with one attached hydrogen (secondary N) is 1. The molecule has 0 aliphatic carbocycles. The minimum absolute atomic E-state index is 0.183. The summed E-state index contributed by atoms with van der Waals surface area (Å²) in [6.07, 6.45) is 2.75. The van der Waals surface area contributed by atoms with E-state index in [1.807, 2.05) is 18.3 Å². The summed E-state index contributed by atoms with van der Waals surface area (Å²) in [5.74, 6) is 2.57. The molecule has 6 rings (SSSR count). The summed E-state index contributed by atoms with van der Waals surface area (Å²) in [4.78, 5) is 20.7. The van der Waals surface area contributed by atoms with Gasteiger partial charge in [-0.1, -0.05) is 0 Å². The highest BCUT2D eigenvalue weighted by molar-refractivity contribution is 5.98. The number of aromatic nitrogens is 3. The Balaban J connectivity index is 1.57. The second-order valence-corrected chi connectivity index (χ2v) is 7.53. The van der Waals surface area contributed by atoms with Gasteiger partial charge in [-0.2, -0.15) is 0 Å². The van der Waals surface area contributed by atoms with E-state index in [0.29, 0.717) is 59.5 Å². The van der Waals surface area contributed by atoms with E-state index in [9.17, 15) is 4.79 Å². The minimum Gasteiger partial charge on any atom is -0.486 e. The van der Waals surface area contributed by atoms with E-state index in [4.69, 9.17) is 29.7 Å². The van der Waals surface area contributed by atoms with Gasteiger partial charge >= 0.3 is 0 Å². The fourth-order valence-corrected chi connectivity index (χ4v) is 4.12. The van der Waals surface area contributed by atoms with Crippen molar-refractivity contribution >= 4 is 21.9 Å². The molecule has 0 amide bonds. The van der Waals surface area contributed by atoms with E-state index in [0.717, 1.165) is 29.4 Å². The van der Waals surface area contributed by atoms with Crippen molar-refractivity contribution in [2.75, 3.05) is 26.6 Å². The zero-order chi connectivity index (χ0) is 20.9. The summed E-state index contributed by atoms with van der Waals surface area (Å²) in [6.45, 7) is 2.43. The van der Waals surface area contributed by atoms with Crippen LogP contribution in [0.15, 0.2) is 35.3 Å². The number of fused-ring (bicyclic) bond motifs is 4. The first-order valence-electron chi connectivity index (χ1n) is 10.2. The van der Waals surface area contributed by atoms with E-state index in [1.165, 1.54) is 0 Å². The molecular weight excluding hydrogens is 400 g/mol. The van der Waals surface area contributed by atoms with Gasteiger partial charge in [-0.3, -0.25) is 4.79 Å². The van der Waals surface area contributed by atoms with Crippen molar-refractivity contribution in [2.45, 2.75) is 13.0 Å². The third-order valence-corrected chi connectivity index (χ3v) is 5.59. The van der Waals surface area contributed by atoms with Crippen molar-refractivity contribution in [1.82, 2.24) is 14.5 Å². The minimum atomic E-state index is -0.278. The summed E-state index contributed by atoms with van der Waals surface area (Å²) in [6, 6.07) is 7.39. The van der Waals surface area contributed by atoms with Crippen LogP contribution in [0.3, 0.4) is 0 Å². The first-order chi connectivity index (χ1) is 15.2. The Kier molecular flexibility index (Phi) is 4.03. The normalized spacial score (nSPS) is 14.5. The van der Waals surface area contributed by atoms with Gasteiger partial charge in [0.15, 0.2) is 23.0 Å². The van der Waals surface area contributed by atoms with Gasteiger partial charge in [0.25, 0.3) is 5.56 Å². The number of benzene rings is 2. The predicted molar refractivity (Wildman–Crippen MR) is 114 cm³/mol. The van der Waals surface area contributed by atoms with Crippen LogP contribution in [0.5, 0.6) is 23.0 Å². The fourth-order valence-electron chi connectivity index (χ4n) is 4.12. The molecule has 158 valence electrons. The number of hydrogen-bond acceptors (Lipinski definition) is 7. The zero-order valence-corrected chi connectivity index (χ0v) is 16.6. The van der Waals surface area contributed by atoms with Gasteiger partial charge in [0.1, 0.15) is 18.9 Å². The maximum absolute atomic E-state index is 13.0. The molecule has 0 bridgehead atoms. The largest absolute Gasteiger partial charge is 0.486 e. The van der Waals surface area contributed by atoms with Crippen molar-refractivity contribution in [3.8, 4) is 34.3 Å². The molecule has 2 aliphatic rings. The third kappa shape index (κ3) is 2.89. The first-order valence-corrected chi connectivity index (χ1v) is 10.2. The highest BCUT2D eigenvalue weighted by atomic mass is 16.7. The first kappa shape index (κ1) is 18.1. The Morgan fingerprint density at radius 2 is 1.74 bits per heavy atom. The second kappa shape index (κ2) is 6.92. The average molecular weight is 420 g/mol. The molecule has 0 saturated heterocycles. The van der Waals surface area contributed by atoms with Gasteiger partial charge < -0.3 is 34.2 Å². The molecule has 0 fully saturated rings. The van der Waals surface area contributed by atoms with Crippen LogP contribution in [0.25, 0.3) is 33.2 Å². The van der Waals surface area contributed by atoms with Gasteiger partial charge in [0.05, 0.1) is 16.6 Å². The van der Waals surface area contributed by atoms with Crippen molar-refractivity contribution in [1.29, 1.82) is 0 Å². The lowest BCUT2D eigenvalue weighted by molar-refractivity contribution is 0.172. The molecule has 9 heteroatoms. The number of aromatic amines is 1. The lowest BCUT2D eigenvalue weighted by Crippen LogP contribution is -2.16. The van der Waals surface area contributed by atoms with Crippen molar-refractivity contribution < 1.29 is 18.9 Å². The van der Waals surface area contributed by atoms with Gasteiger partial charge in [-0.15, -0.1) is 0 Å². The maximum Gasteiger partial charge on any atom is 0.275 e. The number of nitrogens with zero attached hydrogens (tertiary/aromatic N) is 2. The Labute approximate surface area is 176 Å². The van der Waals surface area contributed by atoms with E-state index in [2.05, 4.69) is 9.55 Å². The molecule has 0 radical (unpaired) electrons. The SMILES string of the molecule is NCCCn1cc(-c2nc3cc4c(cc3[nH]c2=O)OCCO4)c2cc3c(cc21)OCO3. The second-order valence-electron chi connectivity index (χ2n) is 7.53. The molecule has 0 spiro atoms. The zero-order valence-electron chi connectivity index (χ0n) is 16.6. The quantitative estimate of drug-likeness (QED) is 0.521. The van der Waals surface area contributed by atoms with Crippen LogP contribution in [0.4, 0.5) is 0 Å². The molecule has 0 unspecified atom stereocenters. The Morgan fingerprint density at radius 3 is 2.55 bits per heavy atom. The van der Waals surface area contributed by atoms with E-state index < -0.39 is 0 Å². The van der Waals surface area contributed by atoms with Crippen LogP contribution in [-0.4, -0.2) is 41.1 Å². The van der Waals surface area contributed by atoms with E-state index >= 15 is 0 Å². The van der Waals surface area contributed by atoms with Crippen molar-refractivity contribution in [3.63, 3.8) is 0 Å². The molecule has 4 heterocycles. The van der Waals surface area contributed by atoms with Crippen LogP contribution in [0.1, 0.15) is 6.42 Å². The predicted octanol–water partition coefficient (Wildman–Crippen LogP) is 2.39. The summed E-state index contributed by atoms with van der Waals surface area (Å²) < 4.78 is 24.5. The molecule has 0 saturated carbocycles. The number of rotatable bonds is 4. The summed E-state index contributed by atoms with van der Waals surface area (Å²) in [5, 5.41) is 0.871. The Bertz CT molecular complexity index is 1390. The molecule has 2 aromatic carbocycles. The highest BCUT2D eigenvalue weighted by Gasteiger charge is 2.22. The lowest BCUT2D eigenvalue weighted by atomic mass is 10.1. The molecule has 31 heavy (non-hydrogen) atoms. The summed E-state index contributed by atoms with van der Waals surface area (Å²) in [7, 11) is 0. The van der Waals surface area contributed by atoms with Crippen molar-refractivity contribution in [2.24, 2.45) is 5.73 Å². The van der Waals surface area contributed by atoms with Crippen LogP contribution < -0.4 is 30.2 Å². The number of H-pyrrole nitrogens is 1. The van der Waals surface area contributed by atoms with Gasteiger partial charge in [-0.25, -0.2) is 4.98 Å². The Morgan fingerprint density at radius 1 is 1.00 bits per heavy atom. The number of hydrogen-bond donors (Lipinski definition) is 2. The van der Waals surface area contributed by atoms with Crippen LogP contribution in [0.2, 0.25) is 0 Å². The van der Waals surface area contributed by atoms with Crippen LogP contribution >= 0.6 is 0 Å². The molecule has 4 aromatic rings. The number of nitrogens with two attached hydrogens (primary N) is 1. The van der Waals surface area contributed by atoms with Gasteiger partial charge in [0.2, 0.25) is 6.79 Å². The van der Waals surface area contributed by atoms with E-state index in [1.54, 1.807) is 12.1 Å². The third-order valence-electron chi connectivity index (χ3n) is 5.59. The van der Waals surface area contributed by atoms with Crippen LogP contribution in [-0.2, 0) is 6.54 Å². The number of aryl methyl sites for hydroxylation is 1. The summed E-state index contributed by atoms with van der Waals surface area (Å²) in [5.41, 5.74) is 8.67. The molecule has 3 N–H and O–H groups in total. The Hall–Kier alpha value is -3.72. The van der Waals surface area contributed by atoms with Gasteiger partial charge in [-0.05, 0) is 19.0 Å². The van der Waals surface area contributed by atoms with Gasteiger partial charge in [0, 0.05) is 41.9 Å². The standard InChI is InChI=1S/C22H20N4O5/c23-2-1-3-26-10-13(12-6-17-20(9-16(12)26)31-11-30-17)21-22(27)25-15-8-19-18(7-14(15)24-21)28-4-5-29-19/h6-10H,1-5,11,23H2,(H,25,27). The molecule has 2 aliphatic heterocycles. The molecular formula is C22H20N4O5. The van der Waals surface area contributed by atoms with Crippen LogP contribution in [0, 0.1) is 0 Å². The summed E-state index contributed by atoms with van der Waals surface area (Å²) >= 11 is 0. The van der Waals surface area contributed by atoms with Crippen molar-refractivity contribution in [3.05, 3.63) is 40.8 Å². The van der Waals surface area contributed by atoms with E-state index in [-0.39, 0.29) is 12.4 Å². The topological polar surface area (TPSA) is 114 Å². The molecule has 2 aromatic heterocycles. The maximum atomic E-state index is 13.0. The molecule has 0 atom stereocenters. The lowest BCUT2D eigenvalue weighted by Gasteiger charge is -2.18. The number of ether oxygens (including phenoxy) is 4. The fraction of sp³-hybridized carbons (Fsp3) is 0.273. The highest BCUT2D eigenvalue weighted by Crippen LogP contribution is 2.40. The molecule has 9 nitrogen and oxygen atoms in total. The smallest absolute Gasteiger partial charge is 0.275 e. The monoisotopic (exact) mass is 420 g/mol. The average Bonchev–Trinajstić information content (AvgIpc) is 3.38.